The van der Waals surface area contributed by atoms with Gasteiger partial charge in [-0.15, -0.1) is 0 Å². The first-order valence-corrected chi connectivity index (χ1v) is 12.4. The summed E-state index contributed by atoms with van der Waals surface area (Å²) in [5, 5.41) is 6.78. The molecule has 2 amide bonds. The molecule has 0 N–H and O–H groups in total. The lowest BCUT2D eigenvalue weighted by Crippen LogP contribution is -2.42. The summed E-state index contributed by atoms with van der Waals surface area (Å²) in [6.45, 7) is 4.26. The number of carbonyl (C=O) groups excluding carboxylic acids is 2. The number of rotatable bonds is 8. The summed E-state index contributed by atoms with van der Waals surface area (Å²) in [5.41, 5.74) is 5.11. The predicted octanol–water partition coefficient (Wildman–Crippen LogP) is 5.56. The van der Waals surface area contributed by atoms with E-state index < -0.39 is 11.7 Å². The molecule has 3 aromatic rings. The monoisotopic (exact) mass is 521 g/mol. The minimum Gasteiger partial charge on any atom is -0.383 e. The average molecular weight is 522 g/mol. The maximum Gasteiger partial charge on any atom is 0.262 e. The number of aryl methyl sites for hydroxylation is 2. The normalized spacial score (nSPS) is 15.0. The van der Waals surface area contributed by atoms with Crippen molar-refractivity contribution in [3.63, 3.8) is 0 Å². The zero-order valence-corrected chi connectivity index (χ0v) is 21.8. The van der Waals surface area contributed by atoms with Gasteiger partial charge in [0.25, 0.3) is 11.8 Å². The van der Waals surface area contributed by atoms with Gasteiger partial charge in [0.15, 0.2) is 0 Å². The maximum atomic E-state index is 13.8. The molecule has 1 aliphatic rings. The van der Waals surface area contributed by atoms with Gasteiger partial charge >= 0.3 is 0 Å². The van der Waals surface area contributed by atoms with Crippen LogP contribution in [0.4, 0.5) is 4.39 Å². The van der Waals surface area contributed by atoms with Crippen molar-refractivity contribution in [3.8, 4) is 0 Å². The molecule has 4 rings (SSSR count). The summed E-state index contributed by atoms with van der Waals surface area (Å²) in [6.07, 6.45) is 0.520. The largest absolute Gasteiger partial charge is 0.383 e. The van der Waals surface area contributed by atoms with Gasteiger partial charge in [0.05, 0.1) is 18.4 Å². The third-order valence-corrected chi connectivity index (χ3v) is 6.76. The topological polar surface area (TPSA) is 62.2 Å². The first-order valence-electron chi connectivity index (χ1n) is 12.0. The van der Waals surface area contributed by atoms with E-state index in [1.54, 1.807) is 12.1 Å². The Morgan fingerprint density at radius 2 is 1.84 bits per heavy atom. The standard InChI is InChI=1S/C29H29ClFN3O3/c1-19-7-8-22(15-20(19)2)26-17-27(21-9-11-24(30)12-10-21)34(32-26)28(35)18-33(13-14-37-3)29(36)23-5-4-6-25(31)16-23/h4-12,15-16,27H,13-14,17-18H2,1-3H3/t27-/m1/s1. The maximum absolute atomic E-state index is 13.8. The Kier molecular flexibility index (Phi) is 8.36. The van der Waals surface area contributed by atoms with E-state index in [0.717, 1.165) is 28.5 Å². The van der Waals surface area contributed by atoms with E-state index in [4.69, 9.17) is 21.4 Å². The van der Waals surface area contributed by atoms with Crippen molar-refractivity contribution in [1.82, 2.24) is 9.91 Å². The van der Waals surface area contributed by atoms with Crippen molar-refractivity contribution in [2.45, 2.75) is 26.3 Å². The van der Waals surface area contributed by atoms with Crippen molar-refractivity contribution < 1.29 is 18.7 Å². The molecule has 1 heterocycles. The van der Waals surface area contributed by atoms with Gasteiger partial charge in [0.2, 0.25) is 0 Å². The number of carbonyl (C=O) groups is 2. The number of nitrogens with zero attached hydrogens (tertiary/aromatic N) is 3. The number of hydrogen-bond donors (Lipinski definition) is 0. The van der Waals surface area contributed by atoms with E-state index in [0.29, 0.717) is 11.4 Å². The van der Waals surface area contributed by atoms with Crippen LogP contribution >= 0.6 is 11.6 Å². The van der Waals surface area contributed by atoms with E-state index in [1.165, 1.54) is 40.8 Å². The fourth-order valence-corrected chi connectivity index (χ4v) is 4.40. The lowest BCUT2D eigenvalue weighted by molar-refractivity contribution is -0.133. The van der Waals surface area contributed by atoms with Crippen LogP contribution in [0.2, 0.25) is 5.02 Å². The zero-order chi connectivity index (χ0) is 26.5. The second-order valence-corrected chi connectivity index (χ2v) is 9.52. The Bertz CT molecular complexity index is 1330. The number of benzene rings is 3. The van der Waals surface area contributed by atoms with Crippen LogP contribution in [0.3, 0.4) is 0 Å². The molecule has 6 nitrogen and oxygen atoms in total. The molecule has 0 fully saturated rings. The Hall–Kier alpha value is -3.55. The highest BCUT2D eigenvalue weighted by molar-refractivity contribution is 6.30. The van der Waals surface area contributed by atoms with Crippen LogP contribution in [0.15, 0.2) is 71.8 Å². The number of ether oxygens (including phenoxy) is 1. The van der Waals surface area contributed by atoms with Crippen molar-refractivity contribution in [2.75, 3.05) is 26.8 Å². The minimum atomic E-state index is -0.520. The van der Waals surface area contributed by atoms with E-state index in [9.17, 15) is 14.0 Å². The molecular weight excluding hydrogens is 493 g/mol. The van der Waals surface area contributed by atoms with Crippen molar-refractivity contribution in [1.29, 1.82) is 0 Å². The Labute approximate surface area is 221 Å². The molecule has 37 heavy (non-hydrogen) atoms. The highest BCUT2D eigenvalue weighted by Crippen LogP contribution is 2.34. The fraction of sp³-hybridized carbons (Fsp3) is 0.276. The molecule has 0 saturated carbocycles. The highest BCUT2D eigenvalue weighted by Gasteiger charge is 2.34. The Balaban J connectivity index is 1.64. The van der Waals surface area contributed by atoms with Gasteiger partial charge in [0, 0.05) is 30.7 Å². The van der Waals surface area contributed by atoms with Crippen LogP contribution < -0.4 is 0 Å². The molecule has 0 aliphatic carbocycles. The molecule has 0 bridgehead atoms. The van der Waals surface area contributed by atoms with Crippen LogP contribution in [-0.2, 0) is 9.53 Å². The first kappa shape index (κ1) is 26.5. The molecule has 192 valence electrons. The van der Waals surface area contributed by atoms with Crippen LogP contribution in [0.1, 0.15) is 45.1 Å². The minimum absolute atomic E-state index is 0.166. The van der Waals surface area contributed by atoms with Crippen LogP contribution in [0.25, 0.3) is 0 Å². The number of hydrogen-bond acceptors (Lipinski definition) is 4. The molecule has 1 aliphatic heterocycles. The fourth-order valence-electron chi connectivity index (χ4n) is 4.27. The van der Waals surface area contributed by atoms with Gasteiger partial charge in [-0.2, -0.15) is 5.10 Å². The first-order chi connectivity index (χ1) is 17.8. The molecule has 1 atom stereocenters. The van der Waals surface area contributed by atoms with Gasteiger partial charge in [-0.1, -0.05) is 41.9 Å². The summed E-state index contributed by atoms with van der Waals surface area (Å²) in [5.74, 6) is -1.32. The quantitative estimate of drug-likeness (QED) is 0.390. The Morgan fingerprint density at radius 3 is 2.51 bits per heavy atom. The molecule has 0 saturated heterocycles. The van der Waals surface area contributed by atoms with Gasteiger partial charge in [-0.25, -0.2) is 9.40 Å². The van der Waals surface area contributed by atoms with E-state index >= 15 is 0 Å². The highest BCUT2D eigenvalue weighted by atomic mass is 35.5. The predicted molar refractivity (Wildman–Crippen MR) is 142 cm³/mol. The SMILES string of the molecule is COCCN(CC(=O)N1N=C(c2ccc(C)c(C)c2)C[C@@H]1c1ccc(Cl)cc1)C(=O)c1cccc(F)c1. The number of methoxy groups -OCH3 is 1. The third-order valence-electron chi connectivity index (χ3n) is 6.51. The molecule has 0 unspecified atom stereocenters. The molecule has 0 radical (unpaired) electrons. The summed E-state index contributed by atoms with van der Waals surface area (Å²) in [4.78, 5) is 28.2. The van der Waals surface area contributed by atoms with Gasteiger partial charge < -0.3 is 9.64 Å². The second-order valence-electron chi connectivity index (χ2n) is 9.09. The molecule has 0 spiro atoms. The van der Waals surface area contributed by atoms with Crippen LogP contribution in [-0.4, -0.2) is 54.2 Å². The summed E-state index contributed by atoms with van der Waals surface area (Å²) in [6, 6.07) is 18.5. The summed E-state index contributed by atoms with van der Waals surface area (Å²) < 4.78 is 18.9. The van der Waals surface area contributed by atoms with E-state index in [2.05, 4.69) is 6.07 Å². The number of halogens is 2. The third kappa shape index (κ3) is 6.24. The average Bonchev–Trinajstić information content (AvgIpc) is 3.34. The Morgan fingerprint density at radius 1 is 1.08 bits per heavy atom. The summed E-state index contributed by atoms with van der Waals surface area (Å²) in [7, 11) is 1.52. The van der Waals surface area contributed by atoms with Crippen molar-refractivity contribution in [3.05, 3.63) is 105 Å². The van der Waals surface area contributed by atoms with Gasteiger partial charge in [0.1, 0.15) is 12.4 Å². The number of hydrazone groups is 1. The van der Waals surface area contributed by atoms with Crippen molar-refractivity contribution in [2.24, 2.45) is 5.10 Å². The second kappa shape index (κ2) is 11.7. The molecule has 3 aromatic carbocycles. The lowest BCUT2D eigenvalue weighted by Gasteiger charge is -2.27. The lowest BCUT2D eigenvalue weighted by atomic mass is 9.96. The van der Waals surface area contributed by atoms with E-state index in [1.807, 2.05) is 38.1 Å². The zero-order valence-electron chi connectivity index (χ0n) is 21.1. The van der Waals surface area contributed by atoms with Crippen LogP contribution in [0.5, 0.6) is 0 Å². The molecule has 8 heteroatoms. The van der Waals surface area contributed by atoms with Crippen molar-refractivity contribution >= 4 is 29.1 Å². The van der Waals surface area contributed by atoms with Gasteiger partial charge in [-0.3, -0.25) is 9.59 Å². The van der Waals surface area contributed by atoms with Crippen LogP contribution in [0, 0.1) is 19.7 Å². The van der Waals surface area contributed by atoms with Gasteiger partial charge in [-0.05, 0) is 72.5 Å². The van der Waals surface area contributed by atoms with E-state index in [-0.39, 0.29) is 37.2 Å². The smallest absolute Gasteiger partial charge is 0.262 e. The molecule has 0 aromatic heterocycles. The molecular formula is C29H29ClFN3O3. The summed E-state index contributed by atoms with van der Waals surface area (Å²) >= 11 is 6.10. The number of amides is 2.